The molecule has 8 heteroatoms. The van der Waals surface area contributed by atoms with Crippen LogP contribution in [0, 0.1) is 18.3 Å². The molecule has 0 amide bonds. The molecule has 0 saturated carbocycles. The first-order valence-corrected chi connectivity index (χ1v) is 12.7. The third-order valence-electron chi connectivity index (χ3n) is 6.30. The van der Waals surface area contributed by atoms with Crippen molar-refractivity contribution in [2.75, 3.05) is 0 Å². The lowest BCUT2D eigenvalue weighted by Gasteiger charge is -2.16. The molecule has 0 fully saturated rings. The predicted octanol–water partition coefficient (Wildman–Crippen LogP) is 5.61. The first kappa shape index (κ1) is 23.6. The van der Waals surface area contributed by atoms with Gasteiger partial charge in [0.2, 0.25) is 0 Å². The number of aromatic nitrogens is 2. The number of H-pyrrole nitrogens is 1. The molecule has 182 valence electrons. The maximum atomic E-state index is 13.8. The third kappa shape index (κ3) is 4.12. The molecule has 0 aliphatic heterocycles. The number of halogens is 1. The molecule has 36 heavy (non-hydrogen) atoms. The van der Waals surface area contributed by atoms with E-state index in [0.29, 0.717) is 39.5 Å². The van der Waals surface area contributed by atoms with Crippen molar-refractivity contribution in [3.63, 3.8) is 0 Å². The van der Waals surface area contributed by atoms with Crippen molar-refractivity contribution in [3.8, 4) is 29.2 Å². The Bertz CT molecular complexity index is 1890. The summed E-state index contributed by atoms with van der Waals surface area (Å²) in [5.41, 5.74) is 5.15. The highest BCUT2D eigenvalue weighted by atomic mass is 32.3. The number of fused-ring (bicyclic) bond motifs is 4. The van der Waals surface area contributed by atoms with Gasteiger partial charge in [-0.3, -0.25) is 4.79 Å². The molecule has 5 rings (SSSR count). The molecule has 0 aliphatic rings. The van der Waals surface area contributed by atoms with Crippen LogP contribution in [-0.2, 0) is 24.0 Å². The molecule has 5 aromatic rings. The first-order chi connectivity index (χ1) is 17.1. The maximum absolute atomic E-state index is 13.8. The Hall–Kier alpha value is -4.09. The van der Waals surface area contributed by atoms with Gasteiger partial charge >= 0.3 is 10.5 Å². The van der Waals surface area contributed by atoms with Gasteiger partial charge < -0.3 is 13.7 Å². The smallest absolute Gasteiger partial charge is 0.358 e. The molecule has 2 heterocycles. The second kappa shape index (κ2) is 8.54. The number of nitrogens with zero attached hydrogens (tertiary/aromatic N) is 1. The van der Waals surface area contributed by atoms with Gasteiger partial charge in [0.1, 0.15) is 11.4 Å². The lowest BCUT2D eigenvalue weighted by atomic mass is 9.91. The summed E-state index contributed by atoms with van der Waals surface area (Å²) in [5.74, 6) is 2.78. The van der Waals surface area contributed by atoms with Crippen LogP contribution in [0.4, 0.5) is 3.89 Å². The van der Waals surface area contributed by atoms with Crippen LogP contribution in [0.5, 0.6) is 5.75 Å². The van der Waals surface area contributed by atoms with E-state index in [9.17, 15) is 17.1 Å². The topological polar surface area (TPSA) is 81.2 Å². The normalized spacial score (nSPS) is 12.0. The first-order valence-electron chi connectivity index (χ1n) is 11.4. The number of benzene rings is 3. The summed E-state index contributed by atoms with van der Waals surface area (Å²) in [6.45, 7) is 4.15. The van der Waals surface area contributed by atoms with Crippen LogP contribution in [0.2, 0.25) is 0 Å². The second-order valence-corrected chi connectivity index (χ2v) is 10.2. The van der Waals surface area contributed by atoms with E-state index in [1.807, 2.05) is 41.9 Å². The Morgan fingerprint density at radius 1 is 1.11 bits per heavy atom. The summed E-state index contributed by atoms with van der Waals surface area (Å²) in [4.78, 5) is 17.1. The molecule has 0 spiro atoms. The fraction of sp³-hybridized carbons (Fsp3) is 0.179. The highest BCUT2D eigenvalue weighted by Crippen LogP contribution is 2.34. The van der Waals surface area contributed by atoms with Crippen molar-refractivity contribution in [1.82, 2.24) is 9.55 Å². The van der Waals surface area contributed by atoms with E-state index < -0.39 is 10.5 Å². The average Bonchev–Trinajstić information content (AvgIpc) is 3.20. The lowest BCUT2D eigenvalue weighted by molar-refractivity contribution is 0.440. The summed E-state index contributed by atoms with van der Waals surface area (Å²) >= 11 is 0. The summed E-state index contributed by atoms with van der Waals surface area (Å²) < 4.78 is 41.6. The third-order valence-corrected chi connectivity index (χ3v) is 6.70. The fourth-order valence-corrected chi connectivity index (χ4v) is 5.14. The van der Waals surface area contributed by atoms with Gasteiger partial charge in [-0.05, 0) is 65.4 Å². The van der Waals surface area contributed by atoms with Crippen LogP contribution < -0.4 is 9.61 Å². The van der Waals surface area contributed by atoms with E-state index in [2.05, 4.69) is 28.9 Å². The van der Waals surface area contributed by atoms with Gasteiger partial charge in [0.05, 0.1) is 10.9 Å². The van der Waals surface area contributed by atoms with Gasteiger partial charge in [-0.15, -0.1) is 6.42 Å². The quantitative estimate of drug-likeness (QED) is 0.250. The minimum Gasteiger partial charge on any atom is -0.358 e. The van der Waals surface area contributed by atoms with E-state index >= 15 is 0 Å². The molecule has 6 nitrogen and oxygen atoms in total. The number of pyridine rings is 1. The molecule has 0 aliphatic carbocycles. The van der Waals surface area contributed by atoms with Crippen molar-refractivity contribution >= 4 is 43.3 Å². The molecule has 1 N–H and O–H groups in total. The van der Waals surface area contributed by atoms with E-state index in [-0.39, 0.29) is 17.1 Å². The average molecular weight is 503 g/mol. The van der Waals surface area contributed by atoms with Crippen LogP contribution in [0.3, 0.4) is 0 Å². The number of aryl methyl sites for hydroxylation is 1. The van der Waals surface area contributed by atoms with Crippen molar-refractivity contribution in [3.05, 3.63) is 75.9 Å². The monoisotopic (exact) mass is 502 g/mol. The number of rotatable bonds is 5. The lowest BCUT2D eigenvalue weighted by Crippen LogP contribution is -2.10. The zero-order valence-corrected chi connectivity index (χ0v) is 20.7. The molecule has 3 aromatic carbocycles. The number of aromatic amines is 1. The minimum absolute atomic E-state index is 0.0880. The molecule has 0 bridgehead atoms. The number of hydrogen-bond acceptors (Lipinski definition) is 4. The number of nitrogens with one attached hydrogen (secondary N) is 1. The molecule has 0 unspecified atom stereocenters. The molecule has 0 atom stereocenters. The highest BCUT2D eigenvalue weighted by Gasteiger charge is 2.19. The Morgan fingerprint density at radius 3 is 2.58 bits per heavy atom. The van der Waals surface area contributed by atoms with E-state index in [1.165, 1.54) is 12.1 Å². The molecular formula is C28H23FN2O4S. The minimum atomic E-state index is -5.16. The zero-order chi connectivity index (χ0) is 25.8. The Kier molecular flexibility index (Phi) is 5.61. The van der Waals surface area contributed by atoms with Crippen LogP contribution >= 0.6 is 0 Å². The van der Waals surface area contributed by atoms with E-state index in [1.54, 1.807) is 12.1 Å². The number of hydrogen-bond donors (Lipinski definition) is 1. The SMILES string of the molecule is C#Cc1ccc2c(c1)[nH]c1c2c(=O)c2cc(CC(C)C)c(-c3cccc(OS(=O)(=O)F)c3)cc2n1C. The van der Waals surface area contributed by atoms with Crippen molar-refractivity contribution in [2.24, 2.45) is 13.0 Å². The Labute approximate surface area is 207 Å². The van der Waals surface area contributed by atoms with Gasteiger partial charge in [0.25, 0.3) is 0 Å². The van der Waals surface area contributed by atoms with Gasteiger partial charge in [-0.2, -0.15) is 8.42 Å². The second-order valence-electron chi connectivity index (χ2n) is 9.27. The van der Waals surface area contributed by atoms with Gasteiger partial charge in [0, 0.05) is 28.9 Å². The van der Waals surface area contributed by atoms with E-state index in [4.69, 9.17) is 6.42 Å². The molecule has 2 aromatic heterocycles. The number of terminal acetylenes is 1. The summed E-state index contributed by atoms with van der Waals surface area (Å²) in [6.07, 6.45) is 6.23. The summed E-state index contributed by atoms with van der Waals surface area (Å²) in [5, 5.41) is 1.97. The fourth-order valence-electron chi connectivity index (χ4n) is 4.81. The predicted molar refractivity (Wildman–Crippen MR) is 141 cm³/mol. The van der Waals surface area contributed by atoms with Crippen molar-refractivity contribution < 1.29 is 16.5 Å². The largest absolute Gasteiger partial charge is 0.488 e. The van der Waals surface area contributed by atoms with Crippen LogP contribution in [0.25, 0.3) is 44.0 Å². The summed E-state index contributed by atoms with van der Waals surface area (Å²) in [6, 6.07) is 15.6. The standard InChI is InChI=1S/C28H23FN2O4S/c1-5-17-9-10-21-24(12-17)30-28-26(21)27(32)23-14-19(11-16(2)3)22(15-25(23)31(28)4)18-7-6-8-20(13-18)35-36(29,33)34/h1,6-10,12-16,30H,11H2,2-4H3. The van der Waals surface area contributed by atoms with Crippen molar-refractivity contribution in [2.45, 2.75) is 20.3 Å². The molecule has 0 radical (unpaired) electrons. The highest BCUT2D eigenvalue weighted by molar-refractivity contribution is 7.81. The van der Waals surface area contributed by atoms with Crippen LogP contribution in [0.1, 0.15) is 25.0 Å². The van der Waals surface area contributed by atoms with Gasteiger partial charge in [-0.1, -0.05) is 41.9 Å². The molecular weight excluding hydrogens is 479 g/mol. The van der Waals surface area contributed by atoms with Gasteiger partial charge in [0.15, 0.2) is 5.43 Å². The van der Waals surface area contributed by atoms with Gasteiger partial charge in [-0.25, -0.2) is 0 Å². The van der Waals surface area contributed by atoms with Crippen molar-refractivity contribution in [1.29, 1.82) is 0 Å². The molecule has 0 saturated heterocycles. The summed E-state index contributed by atoms with van der Waals surface area (Å²) in [7, 11) is -3.28. The maximum Gasteiger partial charge on any atom is 0.488 e. The van der Waals surface area contributed by atoms with Crippen LogP contribution in [0.15, 0.2) is 59.4 Å². The Balaban J connectivity index is 1.83. The zero-order valence-electron chi connectivity index (χ0n) is 19.9. The van der Waals surface area contributed by atoms with E-state index in [0.717, 1.165) is 22.0 Å². The Morgan fingerprint density at radius 2 is 1.89 bits per heavy atom. The van der Waals surface area contributed by atoms with Crippen LogP contribution in [-0.4, -0.2) is 18.0 Å².